The zero-order valence-electron chi connectivity index (χ0n) is 9.37. The molecule has 0 aliphatic heterocycles. The van der Waals surface area contributed by atoms with Crippen molar-refractivity contribution < 1.29 is 4.79 Å². The molecular weight excluding hydrogens is 174 g/mol. The highest BCUT2D eigenvalue weighted by Crippen LogP contribution is 2.21. The monoisotopic (exact) mass is 193 g/mol. The van der Waals surface area contributed by atoms with Crippen LogP contribution in [0.3, 0.4) is 0 Å². The fourth-order valence-electron chi connectivity index (χ4n) is 1.56. The molecule has 1 aliphatic carbocycles. The van der Waals surface area contributed by atoms with Crippen LogP contribution < -0.4 is 5.32 Å². The zero-order chi connectivity index (χ0) is 10.7. The standard InChI is InChI=1S/C12H19NO/c1-8(2)12(14)10-6-5-7-11(10)13-9(3)4/h5-10,13H,1-4H3. The first-order chi connectivity index (χ1) is 6.52. The summed E-state index contributed by atoms with van der Waals surface area (Å²) in [5, 5.41) is 3.31. The molecule has 0 aromatic heterocycles. The van der Waals surface area contributed by atoms with Crippen LogP contribution in [0.2, 0.25) is 0 Å². The second kappa shape index (κ2) is 4.45. The molecule has 0 spiro atoms. The SMILES string of the molecule is CC(C)NC1=CC=CC1C(=O)C(C)C. The maximum absolute atomic E-state index is 11.8. The van der Waals surface area contributed by atoms with Crippen LogP contribution in [0.25, 0.3) is 0 Å². The highest BCUT2D eigenvalue weighted by atomic mass is 16.1. The van der Waals surface area contributed by atoms with Crippen LogP contribution in [0.15, 0.2) is 23.9 Å². The molecule has 1 N–H and O–H groups in total. The van der Waals surface area contributed by atoms with Crippen LogP contribution in [-0.2, 0) is 4.79 Å². The van der Waals surface area contributed by atoms with Gasteiger partial charge in [0.05, 0.1) is 5.92 Å². The zero-order valence-corrected chi connectivity index (χ0v) is 9.37. The summed E-state index contributed by atoms with van der Waals surface area (Å²) in [4.78, 5) is 11.8. The number of Topliss-reactive ketones (excluding diaryl/α,β-unsaturated/α-hetero) is 1. The van der Waals surface area contributed by atoms with Crippen LogP contribution in [0.1, 0.15) is 27.7 Å². The van der Waals surface area contributed by atoms with Gasteiger partial charge >= 0.3 is 0 Å². The van der Waals surface area contributed by atoms with Gasteiger partial charge in [-0.2, -0.15) is 0 Å². The summed E-state index contributed by atoms with van der Waals surface area (Å²) in [7, 11) is 0. The van der Waals surface area contributed by atoms with Crippen molar-refractivity contribution in [3.8, 4) is 0 Å². The van der Waals surface area contributed by atoms with E-state index < -0.39 is 0 Å². The van der Waals surface area contributed by atoms with E-state index in [0.29, 0.717) is 6.04 Å². The van der Waals surface area contributed by atoms with Gasteiger partial charge in [-0.05, 0) is 19.9 Å². The van der Waals surface area contributed by atoms with Crippen LogP contribution in [-0.4, -0.2) is 11.8 Å². The average Bonchev–Trinajstić information content (AvgIpc) is 2.49. The molecule has 0 radical (unpaired) electrons. The molecule has 14 heavy (non-hydrogen) atoms. The number of carbonyl (C=O) groups excluding carboxylic acids is 1. The Morgan fingerprint density at radius 3 is 2.50 bits per heavy atom. The largest absolute Gasteiger partial charge is 0.385 e. The molecule has 0 heterocycles. The maximum Gasteiger partial charge on any atom is 0.148 e. The van der Waals surface area contributed by atoms with Gasteiger partial charge in [-0.3, -0.25) is 4.79 Å². The predicted molar refractivity (Wildman–Crippen MR) is 58.8 cm³/mol. The third-order valence-corrected chi connectivity index (χ3v) is 2.25. The number of nitrogens with one attached hydrogen (secondary N) is 1. The van der Waals surface area contributed by atoms with Gasteiger partial charge in [0.2, 0.25) is 0 Å². The van der Waals surface area contributed by atoms with Crippen LogP contribution >= 0.6 is 0 Å². The van der Waals surface area contributed by atoms with Gasteiger partial charge in [0.25, 0.3) is 0 Å². The Morgan fingerprint density at radius 2 is 2.00 bits per heavy atom. The minimum Gasteiger partial charge on any atom is -0.385 e. The van der Waals surface area contributed by atoms with Gasteiger partial charge in [0, 0.05) is 17.7 Å². The summed E-state index contributed by atoms with van der Waals surface area (Å²) in [6, 6.07) is 0.378. The lowest BCUT2D eigenvalue weighted by atomic mass is 9.94. The maximum atomic E-state index is 11.8. The van der Waals surface area contributed by atoms with Gasteiger partial charge in [0.1, 0.15) is 5.78 Å². The molecule has 1 unspecified atom stereocenters. The molecule has 2 nitrogen and oxygen atoms in total. The number of hydrogen-bond acceptors (Lipinski definition) is 2. The highest BCUT2D eigenvalue weighted by molar-refractivity contribution is 5.87. The minimum atomic E-state index is -0.0441. The van der Waals surface area contributed by atoms with E-state index in [-0.39, 0.29) is 17.6 Å². The molecule has 1 atom stereocenters. The van der Waals surface area contributed by atoms with Gasteiger partial charge in [-0.1, -0.05) is 26.0 Å². The van der Waals surface area contributed by atoms with E-state index in [1.807, 2.05) is 32.1 Å². The van der Waals surface area contributed by atoms with E-state index in [1.165, 1.54) is 0 Å². The second-order valence-corrected chi connectivity index (χ2v) is 4.34. The summed E-state index contributed by atoms with van der Waals surface area (Å²) in [5.41, 5.74) is 1.04. The van der Waals surface area contributed by atoms with Crippen molar-refractivity contribution in [2.75, 3.05) is 0 Å². The Hall–Kier alpha value is -1.05. The lowest BCUT2D eigenvalue weighted by Gasteiger charge is -2.19. The topological polar surface area (TPSA) is 29.1 Å². The van der Waals surface area contributed by atoms with Crippen molar-refractivity contribution in [2.45, 2.75) is 33.7 Å². The van der Waals surface area contributed by atoms with E-state index in [1.54, 1.807) is 0 Å². The molecule has 0 aromatic rings. The van der Waals surface area contributed by atoms with Crippen molar-refractivity contribution in [1.82, 2.24) is 5.32 Å². The number of allylic oxidation sites excluding steroid dienone is 3. The molecule has 0 amide bonds. The van der Waals surface area contributed by atoms with Crippen LogP contribution in [0, 0.1) is 11.8 Å². The van der Waals surface area contributed by atoms with Crippen molar-refractivity contribution >= 4 is 5.78 Å². The van der Waals surface area contributed by atoms with Gasteiger partial charge in [-0.25, -0.2) is 0 Å². The van der Waals surface area contributed by atoms with E-state index in [0.717, 1.165) is 5.70 Å². The summed E-state index contributed by atoms with van der Waals surface area (Å²) < 4.78 is 0. The first-order valence-electron chi connectivity index (χ1n) is 5.21. The Bertz CT molecular complexity index is 274. The Labute approximate surface area is 86.1 Å². The number of hydrogen-bond donors (Lipinski definition) is 1. The quantitative estimate of drug-likeness (QED) is 0.742. The lowest BCUT2D eigenvalue weighted by Crippen LogP contribution is -2.30. The fraction of sp³-hybridized carbons (Fsp3) is 0.583. The smallest absolute Gasteiger partial charge is 0.148 e. The predicted octanol–water partition coefficient (Wildman–Crippen LogP) is 2.28. The fourth-order valence-corrected chi connectivity index (χ4v) is 1.56. The number of carbonyl (C=O) groups is 1. The van der Waals surface area contributed by atoms with Gasteiger partial charge < -0.3 is 5.32 Å². The Morgan fingerprint density at radius 1 is 1.36 bits per heavy atom. The molecule has 78 valence electrons. The summed E-state index contributed by atoms with van der Waals surface area (Å²) >= 11 is 0. The number of rotatable bonds is 4. The molecular formula is C12H19NO. The van der Waals surface area contributed by atoms with Crippen LogP contribution in [0.5, 0.6) is 0 Å². The van der Waals surface area contributed by atoms with Crippen molar-refractivity contribution in [1.29, 1.82) is 0 Å². The van der Waals surface area contributed by atoms with E-state index in [9.17, 15) is 4.79 Å². The molecule has 0 saturated heterocycles. The van der Waals surface area contributed by atoms with Gasteiger partial charge in [-0.15, -0.1) is 0 Å². The van der Waals surface area contributed by atoms with E-state index in [2.05, 4.69) is 19.2 Å². The third-order valence-electron chi connectivity index (χ3n) is 2.25. The molecule has 1 aliphatic rings. The van der Waals surface area contributed by atoms with E-state index in [4.69, 9.17) is 0 Å². The summed E-state index contributed by atoms with van der Waals surface area (Å²) in [6.45, 7) is 8.05. The van der Waals surface area contributed by atoms with Gasteiger partial charge in [0.15, 0.2) is 0 Å². The molecule has 0 aromatic carbocycles. The third kappa shape index (κ3) is 2.47. The number of ketones is 1. The molecule has 0 bridgehead atoms. The summed E-state index contributed by atoms with van der Waals surface area (Å²) in [6.07, 6.45) is 5.91. The Balaban J connectivity index is 2.67. The Kier molecular flexibility index (Phi) is 3.50. The molecule has 1 rings (SSSR count). The first kappa shape index (κ1) is 11.0. The molecule has 0 saturated carbocycles. The van der Waals surface area contributed by atoms with Crippen LogP contribution in [0.4, 0.5) is 0 Å². The highest BCUT2D eigenvalue weighted by Gasteiger charge is 2.24. The van der Waals surface area contributed by atoms with Crippen molar-refractivity contribution in [3.63, 3.8) is 0 Å². The average molecular weight is 193 g/mol. The molecule has 2 heteroatoms. The second-order valence-electron chi connectivity index (χ2n) is 4.34. The van der Waals surface area contributed by atoms with E-state index >= 15 is 0 Å². The normalized spacial score (nSPS) is 20.4. The van der Waals surface area contributed by atoms with Crippen molar-refractivity contribution in [2.24, 2.45) is 11.8 Å². The molecule has 0 fully saturated rings. The summed E-state index contributed by atoms with van der Waals surface area (Å²) in [5.74, 6) is 0.343. The minimum absolute atomic E-state index is 0.0441. The lowest BCUT2D eigenvalue weighted by molar-refractivity contribution is -0.123. The first-order valence-corrected chi connectivity index (χ1v) is 5.21. The van der Waals surface area contributed by atoms with Crippen molar-refractivity contribution in [3.05, 3.63) is 23.9 Å².